The maximum atomic E-state index is 3.54. The van der Waals surface area contributed by atoms with Gasteiger partial charge in [0, 0.05) is 5.33 Å². The zero-order valence-corrected chi connectivity index (χ0v) is 9.84. The lowest BCUT2D eigenvalue weighted by molar-refractivity contribution is 1.40. The standard InChI is InChI=1S/C12H12BBr/c13-7-10-5-1-3-9-4-2-6-11(8-14)12(9)10/h1-6H,7-8,13H2. The molecule has 2 rings (SSSR count). The molecule has 0 aliphatic carbocycles. The van der Waals surface area contributed by atoms with Crippen molar-refractivity contribution >= 4 is 34.5 Å². The largest absolute Gasteiger partial charge is 0.107 e. The Morgan fingerprint density at radius 3 is 2.21 bits per heavy atom. The van der Waals surface area contributed by atoms with Gasteiger partial charge in [0.1, 0.15) is 7.85 Å². The highest BCUT2D eigenvalue weighted by atomic mass is 79.9. The van der Waals surface area contributed by atoms with Crippen LogP contribution in [0.2, 0.25) is 0 Å². The predicted octanol–water partition coefficient (Wildman–Crippen LogP) is 2.87. The number of halogens is 1. The van der Waals surface area contributed by atoms with Crippen LogP contribution in [0, 0.1) is 0 Å². The predicted molar refractivity (Wildman–Crippen MR) is 68.8 cm³/mol. The molecule has 14 heavy (non-hydrogen) atoms. The fraction of sp³-hybridized carbons (Fsp3) is 0.167. The zero-order valence-electron chi connectivity index (χ0n) is 8.26. The summed E-state index contributed by atoms with van der Waals surface area (Å²) in [6, 6.07) is 13.0. The van der Waals surface area contributed by atoms with E-state index < -0.39 is 0 Å². The van der Waals surface area contributed by atoms with Gasteiger partial charge in [0.15, 0.2) is 0 Å². The zero-order chi connectivity index (χ0) is 9.97. The third-order valence-corrected chi connectivity index (χ3v) is 3.21. The van der Waals surface area contributed by atoms with E-state index in [1.807, 2.05) is 0 Å². The van der Waals surface area contributed by atoms with Gasteiger partial charge in [-0.25, -0.2) is 0 Å². The van der Waals surface area contributed by atoms with Gasteiger partial charge in [0.2, 0.25) is 0 Å². The van der Waals surface area contributed by atoms with Crippen LogP contribution in [0.5, 0.6) is 0 Å². The number of hydrogen-bond donors (Lipinski definition) is 0. The van der Waals surface area contributed by atoms with Crippen molar-refractivity contribution in [3.8, 4) is 0 Å². The van der Waals surface area contributed by atoms with Crippen molar-refractivity contribution in [1.29, 1.82) is 0 Å². The second-order valence-electron chi connectivity index (χ2n) is 3.42. The summed E-state index contributed by atoms with van der Waals surface area (Å²) in [5.74, 6) is 0. The number of rotatable bonds is 2. The van der Waals surface area contributed by atoms with Gasteiger partial charge in [-0.05, 0) is 21.9 Å². The summed E-state index contributed by atoms with van der Waals surface area (Å²) in [7, 11) is 2.21. The lowest BCUT2D eigenvalue weighted by Crippen LogP contribution is -1.90. The van der Waals surface area contributed by atoms with E-state index in [0.29, 0.717) is 0 Å². The number of benzene rings is 2. The average molecular weight is 247 g/mol. The second-order valence-corrected chi connectivity index (χ2v) is 3.98. The Bertz CT molecular complexity index is 412. The summed E-state index contributed by atoms with van der Waals surface area (Å²) in [4.78, 5) is 0. The van der Waals surface area contributed by atoms with Crippen molar-refractivity contribution in [1.82, 2.24) is 0 Å². The summed E-state index contributed by atoms with van der Waals surface area (Å²) in [6.45, 7) is 0. The first-order chi connectivity index (χ1) is 6.86. The number of alkyl halides is 1. The van der Waals surface area contributed by atoms with Crippen LogP contribution in [0.3, 0.4) is 0 Å². The van der Waals surface area contributed by atoms with E-state index in [0.717, 1.165) is 11.7 Å². The molecule has 0 saturated heterocycles. The summed E-state index contributed by atoms with van der Waals surface area (Å²) in [6.07, 6.45) is 1.10. The summed E-state index contributed by atoms with van der Waals surface area (Å²) < 4.78 is 0. The van der Waals surface area contributed by atoms with Crippen molar-refractivity contribution in [2.75, 3.05) is 0 Å². The lowest BCUT2D eigenvalue weighted by Gasteiger charge is -2.08. The van der Waals surface area contributed by atoms with E-state index in [1.54, 1.807) is 0 Å². The van der Waals surface area contributed by atoms with Crippen LogP contribution in [0.15, 0.2) is 36.4 Å². The minimum Gasteiger partial charge on any atom is -0.0876 e. The molecule has 0 nitrogen and oxygen atoms in total. The first kappa shape index (κ1) is 9.79. The molecule has 0 aliphatic rings. The van der Waals surface area contributed by atoms with Gasteiger partial charge in [-0.2, -0.15) is 0 Å². The van der Waals surface area contributed by atoms with Crippen LogP contribution in [0.4, 0.5) is 0 Å². The fourth-order valence-corrected chi connectivity index (χ4v) is 2.38. The second kappa shape index (κ2) is 4.18. The van der Waals surface area contributed by atoms with Crippen molar-refractivity contribution in [3.05, 3.63) is 47.5 Å². The van der Waals surface area contributed by atoms with Crippen LogP contribution in [0.1, 0.15) is 11.1 Å². The molecule has 0 aromatic heterocycles. The molecule has 0 unspecified atom stereocenters. The molecule has 0 aliphatic heterocycles. The van der Waals surface area contributed by atoms with Gasteiger partial charge in [-0.15, -0.1) is 0 Å². The molecule has 2 aromatic rings. The third kappa shape index (κ3) is 1.59. The van der Waals surface area contributed by atoms with E-state index in [1.165, 1.54) is 21.9 Å². The average Bonchev–Trinajstić information content (AvgIpc) is 2.27. The molecular formula is C12H12BBr. The fourth-order valence-electron chi connectivity index (χ4n) is 1.91. The Labute approximate surface area is 93.9 Å². The third-order valence-electron chi connectivity index (χ3n) is 2.60. The monoisotopic (exact) mass is 246 g/mol. The van der Waals surface area contributed by atoms with E-state index >= 15 is 0 Å². The van der Waals surface area contributed by atoms with Crippen LogP contribution >= 0.6 is 15.9 Å². The molecule has 0 fully saturated rings. The molecule has 70 valence electrons. The highest BCUT2D eigenvalue weighted by molar-refractivity contribution is 9.08. The summed E-state index contributed by atoms with van der Waals surface area (Å²) >= 11 is 3.54. The first-order valence-corrected chi connectivity index (χ1v) is 6.04. The first-order valence-electron chi connectivity index (χ1n) is 4.92. The van der Waals surface area contributed by atoms with E-state index in [-0.39, 0.29) is 0 Å². The molecule has 0 atom stereocenters. The quantitative estimate of drug-likeness (QED) is 0.565. The van der Waals surface area contributed by atoms with E-state index in [9.17, 15) is 0 Å². The Morgan fingerprint density at radius 2 is 1.64 bits per heavy atom. The smallest absolute Gasteiger partial charge is 0.0876 e. The lowest BCUT2D eigenvalue weighted by atomic mass is 9.90. The molecule has 0 amide bonds. The van der Waals surface area contributed by atoms with Gasteiger partial charge in [0.25, 0.3) is 0 Å². The highest BCUT2D eigenvalue weighted by Gasteiger charge is 2.03. The van der Waals surface area contributed by atoms with Crippen LogP contribution in [-0.2, 0) is 11.7 Å². The SMILES string of the molecule is BCc1cccc2cccc(CBr)c12. The summed E-state index contributed by atoms with van der Waals surface area (Å²) in [5, 5.41) is 3.71. The van der Waals surface area contributed by atoms with Gasteiger partial charge >= 0.3 is 0 Å². The Morgan fingerprint density at radius 1 is 1.00 bits per heavy atom. The van der Waals surface area contributed by atoms with Gasteiger partial charge in [0.05, 0.1) is 0 Å². The minimum absolute atomic E-state index is 0.932. The Kier molecular flexibility index (Phi) is 2.92. The number of hydrogen-bond acceptors (Lipinski definition) is 0. The molecule has 2 heteroatoms. The molecule has 0 spiro atoms. The topological polar surface area (TPSA) is 0 Å². The van der Waals surface area contributed by atoms with E-state index in [4.69, 9.17) is 0 Å². The molecule has 0 N–H and O–H groups in total. The van der Waals surface area contributed by atoms with Gasteiger partial charge in [-0.1, -0.05) is 58.6 Å². The molecule has 0 heterocycles. The van der Waals surface area contributed by atoms with Crippen molar-refractivity contribution in [2.24, 2.45) is 0 Å². The highest BCUT2D eigenvalue weighted by Crippen LogP contribution is 2.24. The van der Waals surface area contributed by atoms with Gasteiger partial charge in [-0.3, -0.25) is 0 Å². The number of fused-ring (bicyclic) bond motifs is 1. The van der Waals surface area contributed by atoms with Crippen molar-refractivity contribution < 1.29 is 0 Å². The molecule has 0 bridgehead atoms. The Balaban J connectivity index is 2.81. The van der Waals surface area contributed by atoms with Crippen LogP contribution in [-0.4, -0.2) is 7.85 Å². The minimum atomic E-state index is 0.932. The molecular weight excluding hydrogens is 235 g/mol. The molecule has 2 aromatic carbocycles. The maximum Gasteiger partial charge on any atom is 0.107 e. The van der Waals surface area contributed by atoms with Crippen LogP contribution < -0.4 is 0 Å². The van der Waals surface area contributed by atoms with E-state index in [2.05, 4.69) is 60.2 Å². The summed E-state index contributed by atoms with van der Waals surface area (Å²) in [5.41, 5.74) is 2.83. The molecule has 0 radical (unpaired) electrons. The van der Waals surface area contributed by atoms with Gasteiger partial charge < -0.3 is 0 Å². The van der Waals surface area contributed by atoms with Crippen LogP contribution in [0.25, 0.3) is 10.8 Å². The van der Waals surface area contributed by atoms with Crippen molar-refractivity contribution in [3.63, 3.8) is 0 Å². The molecule has 0 saturated carbocycles. The maximum absolute atomic E-state index is 3.54. The van der Waals surface area contributed by atoms with Crippen molar-refractivity contribution in [2.45, 2.75) is 11.7 Å². The Hall–Kier alpha value is -0.755. The normalized spacial score (nSPS) is 10.6.